The molecule has 98 valence electrons. The van der Waals surface area contributed by atoms with Gasteiger partial charge < -0.3 is 5.32 Å². The Labute approximate surface area is 122 Å². The maximum absolute atomic E-state index is 13.7. The molecule has 0 radical (unpaired) electrons. The van der Waals surface area contributed by atoms with E-state index in [1.54, 1.807) is 17.4 Å². The lowest BCUT2D eigenvalue weighted by Crippen LogP contribution is -2.04. The van der Waals surface area contributed by atoms with Crippen LogP contribution in [0.15, 0.2) is 34.2 Å². The number of thiazole rings is 1. The number of imidazole rings is 1. The van der Waals surface area contributed by atoms with Crippen molar-refractivity contribution in [1.82, 2.24) is 9.38 Å². The summed E-state index contributed by atoms with van der Waals surface area (Å²) in [6, 6.07) is 4.99. The molecule has 3 nitrogen and oxygen atoms in total. The van der Waals surface area contributed by atoms with Crippen LogP contribution >= 0.6 is 27.3 Å². The van der Waals surface area contributed by atoms with E-state index in [9.17, 15) is 4.39 Å². The summed E-state index contributed by atoms with van der Waals surface area (Å²) in [4.78, 5) is 5.43. The van der Waals surface area contributed by atoms with Crippen molar-refractivity contribution >= 4 is 37.9 Å². The largest absolute Gasteiger partial charge is 0.377 e. The van der Waals surface area contributed by atoms with Gasteiger partial charge in [0.25, 0.3) is 0 Å². The van der Waals surface area contributed by atoms with E-state index in [0.717, 1.165) is 20.8 Å². The summed E-state index contributed by atoms with van der Waals surface area (Å²) in [5.41, 5.74) is 2.52. The number of hydrogen-bond acceptors (Lipinski definition) is 3. The molecule has 19 heavy (non-hydrogen) atoms. The number of aromatic nitrogens is 2. The minimum atomic E-state index is -0.266. The second-order valence-corrected chi connectivity index (χ2v) is 5.97. The quantitative estimate of drug-likeness (QED) is 0.774. The van der Waals surface area contributed by atoms with Crippen molar-refractivity contribution in [2.45, 2.75) is 13.5 Å². The molecule has 1 aromatic carbocycles. The third kappa shape index (κ3) is 2.37. The predicted molar refractivity (Wildman–Crippen MR) is 79.2 cm³/mol. The van der Waals surface area contributed by atoms with Crippen LogP contribution in [0.2, 0.25) is 0 Å². The van der Waals surface area contributed by atoms with Crippen molar-refractivity contribution in [2.75, 3.05) is 5.32 Å². The fourth-order valence-electron chi connectivity index (χ4n) is 1.97. The molecular formula is C13H11BrFN3S. The maximum atomic E-state index is 13.7. The minimum absolute atomic E-state index is 0.266. The Hall–Kier alpha value is -1.40. The van der Waals surface area contributed by atoms with Crippen LogP contribution < -0.4 is 5.32 Å². The summed E-state index contributed by atoms with van der Waals surface area (Å²) >= 11 is 4.84. The average molecular weight is 340 g/mol. The van der Waals surface area contributed by atoms with E-state index in [4.69, 9.17) is 0 Å². The molecule has 0 fully saturated rings. The second kappa shape index (κ2) is 4.94. The number of hydrogen-bond donors (Lipinski definition) is 1. The van der Waals surface area contributed by atoms with E-state index in [0.29, 0.717) is 12.2 Å². The SMILES string of the molecule is Cc1nc2sccn2c1CNc1ccc(Br)cc1F. The smallest absolute Gasteiger partial charge is 0.194 e. The Bertz CT molecular complexity index is 735. The second-order valence-electron chi connectivity index (χ2n) is 4.18. The summed E-state index contributed by atoms with van der Waals surface area (Å²) in [6.07, 6.45) is 1.98. The van der Waals surface area contributed by atoms with E-state index in [-0.39, 0.29) is 5.82 Å². The number of benzene rings is 1. The minimum Gasteiger partial charge on any atom is -0.377 e. The Morgan fingerprint density at radius 1 is 1.47 bits per heavy atom. The van der Waals surface area contributed by atoms with Gasteiger partial charge in [-0.15, -0.1) is 11.3 Å². The van der Waals surface area contributed by atoms with Crippen molar-refractivity contribution in [2.24, 2.45) is 0 Å². The fraction of sp³-hybridized carbons (Fsp3) is 0.154. The Kier molecular flexibility index (Phi) is 3.28. The van der Waals surface area contributed by atoms with Crippen molar-refractivity contribution in [3.05, 3.63) is 51.5 Å². The molecule has 3 rings (SSSR count). The molecule has 0 atom stereocenters. The first-order chi connectivity index (χ1) is 9.15. The topological polar surface area (TPSA) is 29.3 Å². The lowest BCUT2D eigenvalue weighted by atomic mass is 10.3. The molecular weight excluding hydrogens is 329 g/mol. The van der Waals surface area contributed by atoms with E-state index < -0.39 is 0 Å². The first kappa shape index (κ1) is 12.6. The molecule has 0 aliphatic heterocycles. The van der Waals surface area contributed by atoms with E-state index in [1.807, 2.05) is 29.0 Å². The third-order valence-electron chi connectivity index (χ3n) is 2.94. The Morgan fingerprint density at radius 3 is 3.11 bits per heavy atom. The van der Waals surface area contributed by atoms with Crippen LogP contribution in [0.4, 0.5) is 10.1 Å². The highest BCUT2D eigenvalue weighted by Crippen LogP contribution is 2.22. The monoisotopic (exact) mass is 339 g/mol. The van der Waals surface area contributed by atoms with Crippen molar-refractivity contribution in [3.8, 4) is 0 Å². The van der Waals surface area contributed by atoms with E-state index in [1.165, 1.54) is 6.07 Å². The van der Waals surface area contributed by atoms with E-state index >= 15 is 0 Å². The Morgan fingerprint density at radius 2 is 2.32 bits per heavy atom. The van der Waals surface area contributed by atoms with Gasteiger partial charge in [0.05, 0.1) is 23.6 Å². The van der Waals surface area contributed by atoms with Gasteiger partial charge in [0.15, 0.2) is 4.96 Å². The maximum Gasteiger partial charge on any atom is 0.194 e. The molecule has 0 saturated heterocycles. The standard InChI is InChI=1S/C13H11BrFN3S/c1-8-12(18-4-5-19-13(18)17-8)7-16-11-3-2-9(14)6-10(11)15/h2-6,16H,7H2,1H3. The van der Waals surface area contributed by atoms with Gasteiger partial charge in [-0.2, -0.15) is 0 Å². The van der Waals surface area contributed by atoms with Gasteiger partial charge in [-0.25, -0.2) is 9.37 Å². The van der Waals surface area contributed by atoms with Gasteiger partial charge in [0.2, 0.25) is 0 Å². The molecule has 0 amide bonds. The fourth-order valence-corrected chi connectivity index (χ4v) is 3.08. The zero-order chi connectivity index (χ0) is 13.4. The van der Waals surface area contributed by atoms with Gasteiger partial charge in [0, 0.05) is 16.0 Å². The van der Waals surface area contributed by atoms with Gasteiger partial charge in [-0.3, -0.25) is 4.40 Å². The predicted octanol–water partition coefficient (Wildman–Crippen LogP) is 4.22. The van der Waals surface area contributed by atoms with E-state index in [2.05, 4.69) is 26.2 Å². The van der Waals surface area contributed by atoms with Crippen molar-refractivity contribution < 1.29 is 4.39 Å². The number of halogens is 2. The summed E-state index contributed by atoms with van der Waals surface area (Å²) in [5.74, 6) is -0.266. The van der Waals surface area contributed by atoms with Gasteiger partial charge in [-0.1, -0.05) is 15.9 Å². The third-order valence-corrected chi connectivity index (χ3v) is 4.19. The molecule has 3 aromatic rings. The molecule has 1 N–H and O–H groups in total. The van der Waals surface area contributed by atoms with Crippen LogP contribution in [0.5, 0.6) is 0 Å². The highest BCUT2D eigenvalue weighted by molar-refractivity contribution is 9.10. The van der Waals surface area contributed by atoms with Crippen LogP contribution in [0, 0.1) is 12.7 Å². The molecule has 0 aliphatic carbocycles. The van der Waals surface area contributed by atoms with Crippen LogP contribution in [-0.2, 0) is 6.54 Å². The first-order valence-corrected chi connectivity index (χ1v) is 7.42. The molecule has 6 heteroatoms. The van der Waals surface area contributed by atoms with Crippen molar-refractivity contribution in [3.63, 3.8) is 0 Å². The molecule has 0 spiro atoms. The number of aryl methyl sites for hydroxylation is 1. The van der Waals surface area contributed by atoms with Gasteiger partial charge >= 0.3 is 0 Å². The van der Waals surface area contributed by atoms with Crippen LogP contribution in [0.1, 0.15) is 11.4 Å². The van der Waals surface area contributed by atoms with Crippen LogP contribution in [0.25, 0.3) is 4.96 Å². The Balaban J connectivity index is 1.85. The van der Waals surface area contributed by atoms with Gasteiger partial charge in [-0.05, 0) is 25.1 Å². The van der Waals surface area contributed by atoms with Crippen molar-refractivity contribution in [1.29, 1.82) is 0 Å². The lowest BCUT2D eigenvalue weighted by molar-refractivity contribution is 0.629. The molecule has 2 heterocycles. The first-order valence-electron chi connectivity index (χ1n) is 5.75. The van der Waals surface area contributed by atoms with Crippen LogP contribution in [-0.4, -0.2) is 9.38 Å². The number of anilines is 1. The normalized spacial score (nSPS) is 11.1. The molecule has 0 bridgehead atoms. The molecule has 0 unspecified atom stereocenters. The highest BCUT2D eigenvalue weighted by atomic mass is 79.9. The van der Waals surface area contributed by atoms with Crippen LogP contribution in [0.3, 0.4) is 0 Å². The molecule has 0 aliphatic rings. The summed E-state index contributed by atoms with van der Waals surface area (Å²) in [7, 11) is 0. The number of rotatable bonds is 3. The summed E-state index contributed by atoms with van der Waals surface area (Å²) in [5, 5.41) is 5.10. The zero-order valence-electron chi connectivity index (χ0n) is 10.2. The lowest BCUT2D eigenvalue weighted by Gasteiger charge is -2.08. The summed E-state index contributed by atoms with van der Waals surface area (Å²) in [6.45, 7) is 2.51. The average Bonchev–Trinajstić information content (AvgIpc) is 2.90. The number of fused-ring (bicyclic) bond motifs is 1. The highest BCUT2D eigenvalue weighted by Gasteiger charge is 2.10. The molecule has 0 saturated carbocycles. The zero-order valence-corrected chi connectivity index (χ0v) is 12.6. The van der Waals surface area contributed by atoms with Gasteiger partial charge in [0.1, 0.15) is 5.82 Å². The number of nitrogens with one attached hydrogen (secondary N) is 1. The number of nitrogens with zero attached hydrogens (tertiary/aromatic N) is 2. The summed E-state index contributed by atoms with van der Waals surface area (Å²) < 4.78 is 16.5. The molecule has 2 aromatic heterocycles.